The Bertz CT molecular complexity index is 1190. The van der Waals surface area contributed by atoms with Gasteiger partial charge in [0.05, 0.1) is 6.54 Å². The molecule has 0 unspecified atom stereocenters. The first kappa shape index (κ1) is 18.6. The predicted molar refractivity (Wildman–Crippen MR) is 118 cm³/mol. The monoisotopic (exact) mass is 434 g/mol. The highest BCUT2D eigenvalue weighted by molar-refractivity contribution is 7.16. The van der Waals surface area contributed by atoms with Crippen LogP contribution in [-0.4, -0.2) is 57.5 Å². The van der Waals surface area contributed by atoms with E-state index in [-0.39, 0.29) is 6.10 Å². The van der Waals surface area contributed by atoms with Gasteiger partial charge in [-0.05, 0) is 24.3 Å². The van der Waals surface area contributed by atoms with Crippen molar-refractivity contribution in [3.63, 3.8) is 0 Å². The highest BCUT2D eigenvalue weighted by atomic mass is 32.1. The zero-order valence-electron chi connectivity index (χ0n) is 16.9. The third kappa shape index (κ3) is 3.60. The smallest absolute Gasteiger partial charge is 0.234 e. The molecule has 31 heavy (non-hydrogen) atoms. The van der Waals surface area contributed by atoms with Crippen LogP contribution in [0.3, 0.4) is 0 Å². The SMILES string of the molecule is c1ccc(N2CCN(Cc3nnc4sc([C@H]5COc6ccccc6O5)nn34)CC2)cc1. The lowest BCUT2D eigenvalue weighted by Gasteiger charge is -2.35. The van der Waals surface area contributed by atoms with Gasteiger partial charge in [0.2, 0.25) is 4.96 Å². The van der Waals surface area contributed by atoms with Gasteiger partial charge in [-0.25, -0.2) is 0 Å². The number of aromatic nitrogens is 4. The number of fused-ring (bicyclic) bond motifs is 2. The highest BCUT2D eigenvalue weighted by Crippen LogP contribution is 2.36. The van der Waals surface area contributed by atoms with Gasteiger partial charge in [0.25, 0.3) is 0 Å². The second kappa shape index (κ2) is 7.82. The molecular formula is C22H22N6O2S. The van der Waals surface area contributed by atoms with Crippen LogP contribution in [0.5, 0.6) is 11.5 Å². The lowest BCUT2D eigenvalue weighted by atomic mass is 10.2. The topological polar surface area (TPSA) is 68.0 Å². The fraction of sp³-hybridized carbons (Fsp3) is 0.318. The van der Waals surface area contributed by atoms with E-state index in [9.17, 15) is 0 Å². The minimum atomic E-state index is -0.233. The molecule has 2 aromatic carbocycles. The van der Waals surface area contributed by atoms with Crippen molar-refractivity contribution >= 4 is 22.0 Å². The van der Waals surface area contributed by atoms with Crippen LogP contribution in [0, 0.1) is 0 Å². The van der Waals surface area contributed by atoms with Gasteiger partial charge in [-0.1, -0.05) is 41.7 Å². The number of hydrogen-bond acceptors (Lipinski definition) is 8. The lowest BCUT2D eigenvalue weighted by Crippen LogP contribution is -2.46. The summed E-state index contributed by atoms with van der Waals surface area (Å²) in [6.45, 7) is 5.14. The van der Waals surface area contributed by atoms with E-state index in [0.29, 0.717) is 6.61 Å². The number of hydrogen-bond donors (Lipinski definition) is 0. The maximum absolute atomic E-state index is 6.11. The molecule has 0 saturated carbocycles. The van der Waals surface area contributed by atoms with E-state index in [0.717, 1.165) is 60.0 Å². The first-order valence-corrected chi connectivity index (χ1v) is 11.3. The van der Waals surface area contributed by atoms with Crippen LogP contribution in [-0.2, 0) is 6.54 Å². The molecule has 6 rings (SSSR count). The average Bonchev–Trinajstić information content (AvgIpc) is 3.42. The van der Waals surface area contributed by atoms with Crippen molar-refractivity contribution in [1.82, 2.24) is 24.7 Å². The molecule has 158 valence electrons. The van der Waals surface area contributed by atoms with Crippen LogP contribution >= 0.6 is 11.3 Å². The summed E-state index contributed by atoms with van der Waals surface area (Å²) in [7, 11) is 0. The minimum Gasteiger partial charge on any atom is -0.485 e. The van der Waals surface area contributed by atoms with Gasteiger partial charge in [0.1, 0.15) is 6.61 Å². The minimum absolute atomic E-state index is 0.233. The standard InChI is InChI=1S/C22H22N6O2S/c1-2-6-16(7-3-1)27-12-10-26(11-13-27)14-20-23-24-22-28(20)25-21(31-22)19-15-29-17-8-4-5-9-18(17)30-19/h1-9,19H,10-15H2/t19-/m1/s1. The number of rotatable bonds is 4. The van der Waals surface area contributed by atoms with E-state index in [1.807, 2.05) is 28.8 Å². The third-order valence-corrected chi connectivity index (χ3v) is 6.70. The van der Waals surface area contributed by atoms with Crippen LogP contribution in [0.4, 0.5) is 5.69 Å². The summed E-state index contributed by atoms with van der Waals surface area (Å²) >= 11 is 1.51. The van der Waals surface area contributed by atoms with Crippen molar-refractivity contribution < 1.29 is 9.47 Å². The van der Waals surface area contributed by atoms with Crippen LogP contribution < -0.4 is 14.4 Å². The van der Waals surface area contributed by atoms with Gasteiger partial charge in [0.15, 0.2) is 28.4 Å². The summed E-state index contributed by atoms with van der Waals surface area (Å²) in [6, 6.07) is 18.3. The first-order chi connectivity index (χ1) is 15.3. The van der Waals surface area contributed by atoms with E-state index in [4.69, 9.17) is 14.6 Å². The Morgan fingerprint density at radius 3 is 2.52 bits per heavy atom. The Labute approximate surface area is 183 Å². The summed E-state index contributed by atoms with van der Waals surface area (Å²) in [4.78, 5) is 5.62. The number of ether oxygens (including phenoxy) is 2. The molecule has 1 saturated heterocycles. The molecule has 0 radical (unpaired) electrons. The van der Waals surface area contributed by atoms with Crippen LogP contribution in [0.1, 0.15) is 16.9 Å². The molecule has 0 N–H and O–H groups in total. The summed E-state index contributed by atoms with van der Waals surface area (Å²) < 4.78 is 13.8. The number of benzene rings is 2. The molecule has 0 bridgehead atoms. The second-order valence-electron chi connectivity index (χ2n) is 7.71. The Morgan fingerprint density at radius 2 is 1.68 bits per heavy atom. The van der Waals surface area contributed by atoms with Crippen molar-refractivity contribution in [3.8, 4) is 11.5 Å². The molecule has 8 nitrogen and oxygen atoms in total. The molecular weight excluding hydrogens is 412 g/mol. The fourth-order valence-electron chi connectivity index (χ4n) is 4.05. The largest absolute Gasteiger partial charge is 0.485 e. The number of anilines is 1. The quantitative estimate of drug-likeness (QED) is 0.489. The Morgan fingerprint density at radius 1 is 0.903 bits per heavy atom. The molecule has 2 aromatic heterocycles. The van der Waals surface area contributed by atoms with Crippen molar-refractivity contribution in [2.45, 2.75) is 12.6 Å². The van der Waals surface area contributed by atoms with Gasteiger partial charge < -0.3 is 14.4 Å². The van der Waals surface area contributed by atoms with Crippen molar-refractivity contribution in [3.05, 3.63) is 65.4 Å². The molecule has 9 heteroatoms. The number of para-hydroxylation sites is 3. The maximum Gasteiger partial charge on any atom is 0.234 e. The van der Waals surface area contributed by atoms with Gasteiger partial charge >= 0.3 is 0 Å². The summed E-state index contributed by atoms with van der Waals surface area (Å²) in [5.74, 6) is 2.39. The molecule has 4 aromatic rings. The van der Waals surface area contributed by atoms with Crippen LogP contribution in [0.25, 0.3) is 4.96 Å². The normalized spacial score (nSPS) is 19.1. The molecule has 2 aliphatic rings. The molecule has 1 fully saturated rings. The highest BCUT2D eigenvalue weighted by Gasteiger charge is 2.27. The average molecular weight is 435 g/mol. The third-order valence-electron chi connectivity index (χ3n) is 5.71. The molecule has 4 heterocycles. The molecule has 0 spiro atoms. The molecule has 0 amide bonds. The van der Waals surface area contributed by atoms with Gasteiger partial charge in [-0.3, -0.25) is 4.90 Å². The van der Waals surface area contributed by atoms with Crippen molar-refractivity contribution in [2.75, 3.05) is 37.7 Å². The predicted octanol–water partition coefficient (Wildman–Crippen LogP) is 3.02. The molecule has 1 atom stereocenters. The van der Waals surface area contributed by atoms with Crippen LogP contribution in [0.2, 0.25) is 0 Å². The van der Waals surface area contributed by atoms with E-state index < -0.39 is 0 Å². The van der Waals surface area contributed by atoms with E-state index >= 15 is 0 Å². The van der Waals surface area contributed by atoms with Gasteiger partial charge in [-0.15, -0.1) is 10.2 Å². The van der Waals surface area contributed by atoms with Crippen molar-refractivity contribution in [2.24, 2.45) is 0 Å². The Kier molecular flexibility index (Phi) is 4.69. The summed E-state index contributed by atoms with van der Waals surface area (Å²) in [6.07, 6.45) is -0.233. The Balaban J connectivity index is 1.14. The number of piperazine rings is 1. The van der Waals surface area contributed by atoms with Crippen LogP contribution in [0.15, 0.2) is 54.6 Å². The van der Waals surface area contributed by atoms with Crippen molar-refractivity contribution in [1.29, 1.82) is 0 Å². The second-order valence-corrected chi connectivity index (χ2v) is 8.70. The van der Waals surface area contributed by atoms with Gasteiger partial charge in [-0.2, -0.15) is 9.61 Å². The zero-order valence-corrected chi connectivity index (χ0v) is 17.7. The zero-order chi connectivity index (χ0) is 20.6. The molecule has 0 aliphatic carbocycles. The van der Waals surface area contributed by atoms with Gasteiger partial charge in [0, 0.05) is 31.9 Å². The fourth-order valence-corrected chi connectivity index (χ4v) is 4.92. The first-order valence-electron chi connectivity index (χ1n) is 10.5. The summed E-state index contributed by atoms with van der Waals surface area (Å²) in [5, 5.41) is 14.3. The number of nitrogens with zero attached hydrogens (tertiary/aromatic N) is 6. The van der Waals surface area contributed by atoms with E-state index in [1.165, 1.54) is 17.0 Å². The lowest BCUT2D eigenvalue weighted by molar-refractivity contribution is 0.0903. The molecule has 2 aliphatic heterocycles. The van der Waals surface area contributed by atoms with E-state index in [2.05, 4.69) is 50.3 Å². The summed E-state index contributed by atoms with van der Waals surface area (Å²) in [5.41, 5.74) is 1.28. The Hall–Kier alpha value is -3.17. The maximum atomic E-state index is 6.11. The van der Waals surface area contributed by atoms with E-state index in [1.54, 1.807) is 0 Å².